The zero-order valence-corrected chi connectivity index (χ0v) is 13.5. The van der Waals surface area contributed by atoms with Gasteiger partial charge in [0.25, 0.3) is 0 Å². The summed E-state index contributed by atoms with van der Waals surface area (Å²) in [6.07, 6.45) is 0.143. The van der Waals surface area contributed by atoms with E-state index in [4.69, 9.17) is 16.3 Å². The molecule has 4 nitrogen and oxygen atoms in total. The molecule has 0 saturated heterocycles. The first kappa shape index (κ1) is 17.3. The van der Waals surface area contributed by atoms with E-state index in [0.717, 1.165) is 5.56 Å². The lowest BCUT2D eigenvalue weighted by Crippen LogP contribution is -2.27. The van der Waals surface area contributed by atoms with Crippen LogP contribution in [0.15, 0.2) is 54.6 Å². The number of halogens is 1. The van der Waals surface area contributed by atoms with Gasteiger partial charge in [-0.2, -0.15) is 0 Å². The molecule has 23 heavy (non-hydrogen) atoms. The molecule has 1 unspecified atom stereocenters. The number of amides is 1. The molecule has 0 spiro atoms. The molecule has 2 N–H and O–H groups in total. The van der Waals surface area contributed by atoms with Gasteiger partial charge < -0.3 is 15.2 Å². The molecule has 5 heteroatoms. The molecule has 122 valence electrons. The lowest BCUT2D eigenvalue weighted by atomic mass is 10.1. The Morgan fingerprint density at radius 3 is 2.57 bits per heavy atom. The lowest BCUT2D eigenvalue weighted by molar-refractivity contribution is -0.121. The van der Waals surface area contributed by atoms with Crippen molar-refractivity contribution >= 4 is 17.5 Å². The zero-order chi connectivity index (χ0) is 16.5. The Kier molecular flexibility index (Phi) is 6.91. The van der Waals surface area contributed by atoms with Crippen molar-refractivity contribution in [1.29, 1.82) is 0 Å². The number of hydrogen-bond donors (Lipinski definition) is 2. The molecule has 0 saturated carbocycles. The van der Waals surface area contributed by atoms with E-state index in [-0.39, 0.29) is 18.9 Å². The number of aliphatic hydroxyl groups excluding tert-OH is 1. The van der Waals surface area contributed by atoms with Crippen LogP contribution in [-0.4, -0.2) is 24.2 Å². The normalized spacial score (nSPS) is 11.7. The average Bonchev–Trinajstić information content (AvgIpc) is 2.57. The number of nitrogens with one attached hydrogen (secondary N) is 1. The summed E-state index contributed by atoms with van der Waals surface area (Å²) in [7, 11) is 0. The summed E-state index contributed by atoms with van der Waals surface area (Å²) in [4.78, 5) is 11.7. The van der Waals surface area contributed by atoms with Gasteiger partial charge in [0.2, 0.25) is 5.91 Å². The molecule has 2 rings (SSSR count). The van der Waals surface area contributed by atoms with E-state index < -0.39 is 6.10 Å². The van der Waals surface area contributed by atoms with Crippen molar-refractivity contribution in [1.82, 2.24) is 5.32 Å². The molecule has 1 amide bonds. The predicted octanol–water partition coefficient (Wildman–Crippen LogP) is 3.35. The second kappa shape index (κ2) is 9.18. The van der Waals surface area contributed by atoms with E-state index in [1.165, 1.54) is 0 Å². The molecule has 0 radical (unpaired) electrons. The Morgan fingerprint density at radius 2 is 1.83 bits per heavy atom. The first-order chi connectivity index (χ1) is 11.2. The van der Waals surface area contributed by atoms with Gasteiger partial charge in [-0.1, -0.05) is 54.1 Å². The van der Waals surface area contributed by atoms with Crippen LogP contribution in [0, 0.1) is 0 Å². The SMILES string of the molecule is O=C(CCOc1ccccc1Cl)NCCC(O)c1ccccc1. The van der Waals surface area contributed by atoms with Crippen molar-refractivity contribution in [3.8, 4) is 5.75 Å². The maximum Gasteiger partial charge on any atom is 0.223 e. The zero-order valence-electron chi connectivity index (χ0n) is 12.7. The minimum atomic E-state index is -0.573. The van der Waals surface area contributed by atoms with Crippen LogP contribution < -0.4 is 10.1 Å². The monoisotopic (exact) mass is 333 g/mol. The van der Waals surface area contributed by atoms with Gasteiger partial charge in [0.15, 0.2) is 0 Å². The Labute approximate surface area is 141 Å². The van der Waals surface area contributed by atoms with Gasteiger partial charge in [0.1, 0.15) is 5.75 Å². The third-order valence-electron chi connectivity index (χ3n) is 3.35. The number of rotatable bonds is 8. The molecule has 0 fully saturated rings. The molecule has 0 bridgehead atoms. The highest BCUT2D eigenvalue weighted by Gasteiger charge is 2.08. The van der Waals surface area contributed by atoms with Gasteiger partial charge in [-0.3, -0.25) is 4.79 Å². The minimum absolute atomic E-state index is 0.114. The summed E-state index contributed by atoms with van der Waals surface area (Å²) < 4.78 is 5.46. The van der Waals surface area contributed by atoms with Crippen molar-refractivity contribution in [2.24, 2.45) is 0 Å². The van der Waals surface area contributed by atoms with E-state index in [9.17, 15) is 9.90 Å². The van der Waals surface area contributed by atoms with Crippen molar-refractivity contribution in [3.05, 3.63) is 65.2 Å². The smallest absolute Gasteiger partial charge is 0.223 e. The van der Waals surface area contributed by atoms with Crippen molar-refractivity contribution < 1.29 is 14.6 Å². The van der Waals surface area contributed by atoms with Crippen LogP contribution in [0.2, 0.25) is 5.02 Å². The fourth-order valence-electron chi connectivity index (χ4n) is 2.09. The summed E-state index contributed by atoms with van der Waals surface area (Å²) in [6, 6.07) is 16.5. The molecular formula is C18H20ClNO3. The predicted molar refractivity (Wildman–Crippen MR) is 90.6 cm³/mol. The van der Waals surface area contributed by atoms with Gasteiger partial charge in [0.05, 0.1) is 24.2 Å². The number of carbonyl (C=O) groups is 1. The van der Waals surface area contributed by atoms with Crippen LogP contribution in [0.3, 0.4) is 0 Å². The topological polar surface area (TPSA) is 58.6 Å². The van der Waals surface area contributed by atoms with E-state index in [2.05, 4.69) is 5.32 Å². The fraction of sp³-hybridized carbons (Fsp3) is 0.278. The molecule has 2 aromatic carbocycles. The van der Waals surface area contributed by atoms with E-state index in [1.54, 1.807) is 12.1 Å². The Bertz CT molecular complexity index is 619. The average molecular weight is 334 g/mol. The van der Waals surface area contributed by atoms with Crippen LogP contribution in [0.5, 0.6) is 5.75 Å². The van der Waals surface area contributed by atoms with Crippen LogP contribution in [0.1, 0.15) is 24.5 Å². The molecule has 0 aliphatic heterocycles. The van der Waals surface area contributed by atoms with Crippen molar-refractivity contribution in [3.63, 3.8) is 0 Å². The first-order valence-electron chi connectivity index (χ1n) is 7.54. The quantitative estimate of drug-likeness (QED) is 0.779. The second-order valence-corrected chi connectivity index (χ2v) is 5.50. The van der Waals surface area contributed by atoms with Crippen LogP contribution in [0.4, 0.5) is 0 Å². The van der Waals surface area contributed by atoms with E-state index >= 15 is 0 Å². The molecule has 2 aromatic rings. The Morgan fingerprint density at radius 1 is 1.13 bits per heavy atom. The highest BCUT2D eigenvalue weighted by atomic mass is 35.5. The lowest BCUT2D eigenvalue weighted by Gasteiger charge is -2.12. The minimum Gasteiger partial charge on any atom is -0.491 e. The van der Waals surface area contributed by atoms with Gasteiger partial charge in [0, 0.05) is 6.54 Å². The first-order valence-corrected chi connectivity index (χ1v) is 7.91. The number of hydrogen-bond acceptors (Lipinski definition) is 3. The number of ether oxygens (including phenoxy) is 1. The van der Waals surface area contributed by atoms with Crippen LogP contribution in [-0.2, 0) is 4.79 Å². The summed E-state index contributed by atoms with van der Waals surface area (Å²) >= 11 is 5.96. The molecule has 0 aliphatic carbocycles. The standard InChI is InChI=1S/C18H20ClNO3/c19-15-8-4-5-9-17(15)23-13-11-18(22)20-12-10-16(21)14-6-2-1-3-7-14/h1-9,16,21H,10-13H2,(H,20,22). The van der Waals surface area contributed by atoms with Crippen LogP contribution in [0.25, 0.3) is 0 Å². The summed E-state index contributed by atoms with van der Waals surface area (Å²) in [5.41, 5.74) is 0.851. The summed E-state index contributed by atoms with van der Waals surface area (Å²) in [5, 5.41) is 13.3. The third-order valence-corrected chi connectivity index (χ3v) is 3.66. The maximum absolute atomic E-state index is 11.7. The van der Waals surface area contributed by atoms with Gasteiger partial charge >= 0.3 is 0 Å². The Hall–Kier alpha value is -2.04. The second-order valence-electron chi connectivity index (χ2n) is 5.09. The maximum atomic E-state index is 11.7. The summed E-state index contributed by atoms with van der Waals surface area (Å²) in [6.45, 7) is 0.678. The van der Waals surface area contributed by atoms with E-state index in [0.29, 0.717) is 23.7 Å². The fourth-order valence-corrected chi connectivity index (χ4v) is 2.28. The Balaban J connectivity index is 1.63. The molecule has 1 atom stereocenters. The van der Waals surface area contributed by atoms with Gasteiger partial charge in [-0.25, -0.2) is 0 Å². The van der Waals surface area contributed by atoms with Crippen molar-refractivity contribution in [2.45, 2.75) is 18.9 Å². The van der Waals surface area contributed by atoms with Crippen LogP contribution >= 0.6 is 11.6 Å². The number of carbonyl (C=O) groups excluding carboxylic acids is 1. The number of benzene rings is 2. The highest BCUT2D eigenvalue weighted by molar-refractivity contribution is 6.32. The third kappa shape index (κ3) is 5.93. The number of para-hydroxylation sites is 1. The molecule has 0 aliphatic rings. The van der Waals surface area contributed by atoms with Gasteiger partial charge in [-0.15, -0.1) is 0 Å². The van der Waals surface area contributed by atoms with E-state index in [1.807, 2.05) is 42.5 Å². The summed E-state index contributed by atoms with van der Waals surface area (Å²) in [5.74, 6) is 0.457. The largest absolute Gasteiger partial charge is 0.491 e. The highest BCUT2D eigenvalue weighted by Crippen LogP contribution is 2.23. The van der Waals surface area contributed by atoms with Crippen molar-refractivity contribution in [2.75, 3.05) is 13.2 Å². The number of aliphatic hydroxyl groups is 1. The van der Waals surface area contributed by atoms with Gasteiger partial charge in [-0.05, 0) is 24.1 Å². The molecule has 0 heterocycles. The molecule has 0 aromatic heterocycles. The molecular weight excluding hydrogens is 314 g/mol.